The number of carbonyl (C=O) groups is 3. The Morgan fingerprint density at radius 1 is 1.15 bits per heavy atom. The third-order valence-electron chi connectivity index (χ3n) is 0.667. The van der Waals surface area contributed by atoms with E-state index in [1.165, 1.54) is 0 Å². The molecule has 7 heteroatoms. The number of nitrogens with two attached hydrogens (primary N) is 1. The molecule has 13 heavy (non-hydrogen) atoms. The number of hydrogen-bond donors (Lipinski definition) is 4. The normalized spacial score (nSPS) is 7.69. The van der Waals surface area contributed by atoms with Gasteiger partial charge in [0.1, 0.15) is 0 Å². The number of primary amides is 1. The smallest absolute Gasteiger partial charge is 0.402 e. The highest BCUT2D eigenvalue weighted by molar-refractivity contribution is 5.91. The van der Waals surface area contributed by atoms with Crippen molar-refractivity contribution < 1.29 is 29.7 Å². The summed E-state index contributed by atoms with van der Waals surface area (Å²) in [4.78, 5) is 28.4. The lowest BCUT2D eigenvalue weighted by Crippen LogP contribution is -2.04. The van der Waals surface area contributed by atoms with E-state index in [0.717, 1.165) is 0 Å². The topological polar surface area (TPSA) is 138 Å². The molecule has 0 spiro atoms. The van der Waals surface area contributed by atoms with Crippen LogP contribution in [0.5, 0.6) is 0 Å². The van der Waals surface area contributed by atoms with Gasteiger partial charge in [-0.1, -0.05) is 6.58 Å². The summed E-state index contributed by atoms with van der Waals surface area (Å²) >= 11 is 0. The third kappa shape index (κ3) is 17.8. The number of aliphatic carboxylic acids is 2. The van der Waals surface area contributed by atoms with Crippen LogP contribution in [0, 0.1) is 0 Å². The van der Waals surface area contributed by atoms with E-state index in [4.69, 9.17) is 20.1 Å². The number of carboxylic acid groups (broad SMARTS) is 3. The second-order valence-electron chi connectivity index (χ2n) is 1.82. The zero-order valence-corrected chi connectivity index (χ0v) is 6.56. The minimum Gasteiger partial charge on any atom is -0.481 e. The molecule has 0 aliphatic carbocycles. The fraction of sp³-hybridized carbons (Fsp3) is 0.167. The van der Waals surface area contributed by atoms with Crippen molar-refractivity contribution in [1.29, 1.82) is 0 Å². The van der Waals surface area contributed by atoms with Gasteiger partial charge in [0, 0.05) is 5.57 Å². The summed E-state index contributed by atoms with van der Waals surface area (Å²) in [5.74, 6) is -2.44. The molecule has 0 radical (unpaired) electrons. The van der Waals surface area contributed by atoms with E-state index in [1.807, 2.05) is 0 Å². The molecule has 0 saturated heterocycles. The molecule has 0 saturated carbocycles. The number of rotatable bonds is 3. The van der Waals surface area contributed by atoms with Crippen LogP contribution in [0.2, 0.25) is 0 Å². The maximum Gasteiger partial charge on any atom is 0.402 e. The SMILES string of the molecule is C=C(CC(=O)O)C(=O)O.NC(=O)O. The van der Waals surface area contributed by atoms with Crippen molar-refractivity contribution in [2.75, 3.05) is 0 Å². The molecule has 0 aromatic rings. The van der Waals surface area contributed by atoms with Crippen molar-refractivity contribution >= 4 is 18.0 Å². The molecule has 0 aromatic heterocycles. The van der Waals surface area contributed by atoms with Gasteiger partial charge in [-0.2, -0.15) is 0 Å². The first kappa shape index (κ1) is 13.5. The van der Waals surface area contributed by atoms with E-state index in [9.17, 15) is 9.59 Å². The lowest BCUT2D eigenvalue weighted by Gasteiger charge is -1.91. The van der Waals surface area contributed by atoms with Gasteiger partial charge >= 0.3 is 18.0 Å². The van der Waals surface area contributed by atoms with E-state index in [2.05, 4.69) is 12.3 Å². The van der Waals surface area contributed by atoms with Crippen LogP contribution in [0.15, 0.2) is 12.2 Å². The zero-order chi connectivity index (χ0) is 11.0. The number of hydrogen-bond acceptors (Lipinski definition) is 3. The highest BCUT2D eigenvalue weighted by atomic mass is 16.4. The molecule has 0 aliphatic heterocycles. The second kappa shape index (κ2) is 6.65. The van der Waals surface area contributed by atoms with Crippen LogP contribution in [0.3, 0.4) is 0 Å². The van der Waals surface area contributed by atoms with Gasteiger partial charge < -0.3 is 21.1 Å². The van der Waals surface area contributed by atoms with Crippen molar-refractivity contribution in [2.24, 2.45) is 5.73 Å². The van der Waals surface area contributed by atoms with Crippen LogP contribution in [0.25, 0.3) is 0 Å². The first-order valence-electron chi connectivity index (χ1n) is 2.88. The Balaban J connectivity index is 0. The summed E-state index contributed by atoms with van der Waals surface area (Å²) in [7, 11) is 0. The molecule has 0 heterocycles. The molecule has 7 nitrogen and oxygen atoms in total. The maximum atomic E-state index is 9.87. The Morgan fingerprint density at radius 3 is 1.54 bits per heavy atom. The lowest BCUT2D eigenvalue weighted by molar-refractivity contribution is -0.139. The molecular formula is C6H9NO6. The Morgan fingerprint density at radius 2 is 1.46 bits per heavy atom. The van der Waals surface area contributed by atoms with Gasteiger partial charge in [0.15, 0.2) is 0 Å². The van der Waals surface area contributed by atoms with E-state index in [0.29, 0.717) is 0 Å². The summed E-state index contributed by atoms with van der Waals surface area (Å²) in [6, 6.07) is 0. The standard InChI is InChI=1S/C5H6O4.CH3NO2/c1-3(5(8)9)2-4(6)7;2-1(3)4/h1-2H2,(H,6,7)(H,8,9);2H2,(H,3,4). The molecule has 0 bridgehead atoms. The van der Waals surface area contributed by atoms with Gasteiger partial charge in [0.25, 0.3) is 0 Å². The minimum atomic E-state index is -1.33. The van der Waals surface area contributed by atoms with Gasteiger partial charge in [-0.05, 0) is 0 Å². The van der Waals surface area contributed by atoms with Crippen LogP contribution >= 0.6 is 0 Å². The lowest BCUT2D eigenvalue weighted by atomic mass is 10.2. The van der Waals surface area contributed by atoms with Crippen LogP contribution < -0.4 is 5.73 Å². The van der Waals surface area contributed by atoms with Gasteiger partial charge in [-0.15, -0.1) is 0 Å². The predicted octanol–water partition coefficient (Wildman–Crippen LogP) is -0.275. The highest BCUT2D eigenvalue weighted by Crippen LogP contribution is 1.95. The van der Waals surface area contributed by atoms with E-state index < -0.39 is 24.5 Å². The summed E-state index contributed by atoms with van der Waals surface area (Å²) < 4.78 is 0. The van der Waals surface area contributed by atoms with E-state index >= 15 is 0 Å². The van der Waals surface area contributed by atoms with Gasteiger partial charge in [0.05, 0.1) is 6.42 Å². The first-order valence-corrected chi connectivity index (χ1v) is 2.88. The van der Waals surface area contributed by atoms with Gasteiger partial charge in [-0.3, -0.25) is 4.79 Å². The molecule has 0 aromatic carbocycles. The molecule has 0 aliphatic rings. The molecule has 5 N–H and O–H groups in total. The number of carboxylic acids is 2. The largest absolute Gasteiger partial charge is 0.481 e. The van der Waals surface area contributed by atoms with Crippen LogP contribution in [-0.4, -0.2) is 33.4 Å². The fourth-order valence-corrected chi connectivity index (χ4v) is 0.258. The molecule has 1 amide bonds. The van der Waals surface area contributed by atoms with Crippen LogP contribution in [0.1, 0.15) is 6.42 Å². The monoisotopic (exact) mass is 191 g/mol. The third-order valence-corrected chi connectivity index (χ3v) is 0.667. The average molecular weight is 191 g/mol. The Kier molecular flexibility index (Phi) is 6.92. The summed E-state index contributed by atoms with van der Waals surface area (Å²) in [6.45, 7) is 3.01. The van der Waals surface area contributed by atoms with Crippen LogP contribution in [-0.2, 0) is 9.59 Å². The Bertz CT molecular complexity index is 229. The second-order valence-corrected chi connectivity index (χ2v) is 1.82. The molecule has 0 fully saturated rings. The van der Waals surface area contributed by atoms with E-state index in [-0.39, 0.29) is 5.57 Å². The zero-order valence-electron chi connectivity index (χ0n) is 6.56. The molecule has 74 valence electrons. The Labute approximate surface area is 73.1 Å². The fourth-order valence-electron chi connectivity index (χ4n) is 0.258. The minimum absolute atomic E-state index is 0.303. The molecule has 0 rings (SSSR count). The quantitative estimate of drug-likeness (QED) is 0.452. The van der Waals surface area contributed by atoms with Gasteiger partial charge in [-0.25, -0.2) is 9.59 Å². The van der Waals surface area contributed by atoms with E-state index in [1.54, 1.807) is 0 Å². The molecular weight excluding hydrogens is 182 g/mol. The Hall–Kier alpha value is -2.05. The highest BCUT2D eigenvalue weighted by Gasteiger charge is 2.07. The summed E-state index contributed by atoms with van der Waals surface area (Å²) in [5, 5.41) is 23.3. The summed E-state index contributed by atoms with van der Waals surface area (Å²) in [6.07, 6.45) is -1.84. The van der Waals surface area contributed by atoms with Crippen molar-refractivity contribution in [2.45, 2.75) is 6.42 Å². The predicted molar refractivity (Wildman–Crippen MR) is 41.2 cm³/mol. The first-order chi connectivity index (χ1) is 5.77. The summed E-state index contributed by atoms with van der Waals surface area (Å²) in [5.41, 5.74) is 3.72. The van der Waals surface area contributed by atoms with Crippen molar-refractivity contribution in [1.82, 2.24) is 0 Å². The average Bonchev–Trinajstić information content (AvgIpc) is 1.83. The van der Waals surface area contributed by atoms with Crippen molar-refractivity contribution in [3.05, 3.63) is 12.2 Å². The molecule has 0 atom stereocenters. The number of amides is 1. The van der Waals surface area contributed by atoms with Crippen molar-refractivity contribution in [3.63, 3.8) is 0 Å². The van der Waals surface area contributed by atoms with Crippen LogP contribution in [0.4, 0.5) is 4.79 Å². The van der Waals surface area contributed by atoms with Crippen molar-refractivity contribution in [3.8, 4) is 0 Å². The molecule has 0 unspecified atom stereocenters. The maximum absolute atomic E-state index is 9.87. The van der Waals surface area contributed by atoms with Gasteiger partial charge in [0.2, 0.25) is 0 Å².